The number of nitrogens with zero attached hydrogens (tertiary/aromatic N) is 1. The van der Waals surface area contributed by atoms with Crippen molar-refractivity contribution in [1.29, 1.82) is 0 Å². The van der Waals surface area contributed by atoms with Gasteiger partial charge in [0.15, 0.2) is 0 Å². The Bertz CT molecular complexity index is 555. The summed E-state index contributed by atoms with van der Waals surface area (Å²) in [4.78, 5) is 7.11. The van der Waals surface area contributed by atoms with Crippen molar-refractivity contribution in [3.05, 3.63) is 43.8 Å². The average molecular weight is 321 g/mol. The van der Waals surface area contributed by atoms with Crippen LogP contribution in [0, 0.1) is 6.92 Å². The molecule has 2 aromatic heterocycles. The lowest BCUT2D eigenvalue weighted by molar-refractivity contribution is 0.248. The lowest BCUT2D eigenvalue weighted by Gasteiger charge is -2.21. The second-order valence-electron chi connectivity index (χ2n) is 5.79. The minimum absolute atomic E-state index is 0.809. The molecular weight excluding hydrogens is 296 g/mol. The molecule has 2 nitrogen and oxygen atoms in total. The molecule has 21 heavy (non-hydrogen) atoms. The first kappa shape index (κ1) is 15.2. The minimum atomic E-state index is 0.809. The molecular formula is C17H24N2S2. The quantitative estimate of drug-likeness (QED) is 0.776. The van der Waals surface area contributed by atoms with Crippen molar-refractivity contribution >= 4 is 22.7 Å². The van der Waals surface area contributed by atoms with Crippen LogP contribution < -0.4 is 5.32 Å². The van der Waals surface area contributed by atoms with Gasteiger partial charge in [0.25, 0.3) is 0 Å². The molecule has 1 N–H and O–H groups in total. The van der Waals surface area contributed by atoms with Gasteiger partial charge in [-0.3, -0.25) is 4.90 Å². The molecule has 1 aliphatic carbocycles. The third-order valence-electron chi connectivity index (χ3n) is 4.00. The Morgan fingerprint density at radius 2 is 2.14 bits per heavy atom. The molecule has 2 aromatic rings. The van der Waals surface area contributed by atoms with E-state index in [2.05, 4.69) is 47.6 Å². The van der Waals surface area contributed by atoms with Gasteiger partial charge in [0.05, 0.1) is 0 Å². The van der Waals surface area contributed by atoms with E-state index in [1.54, 1.807) is 0 Å². The standard InChI is InChI=1S/C17H24N2S2/c1-3-18-10-17-9-14(13(2)21-17)11-19(15-6-7-15)12-16-5-4-8-20-16/h4-5,8-9,15,18H,3,6-7,10-12H2,1-2H3. The van der Waals surface area contributed by atoms with E-state index < -0.39 is 0 Å². The number of hydrogen-bond donors (Lipinski definition) is 1. The first-order chi connectivity index (χ1) is 10.3. The van der Waals surface area contributed by atoms with Crippen LogP contribution in [-0.2, 0) is 19.6 Å². The topological polar surface area (TPSA) is 15.3 Å². The van der Waals surface area contributed by atoms with Gasteiger partial charge in [0.1, 0.15) is 0 Å². The van der Waals surface area contributed by atoms with Crippen molar-refractivity contribution in [3.63, 3.8) is 0 Å². The van der Waals surface area contributed by atoms with Crippen LogP contribution in [0.25, 0.3) is 0 Å². The van der Waals surface area contributed by atoms with E-state index in [1.807, 2.05) is 22.7 Å². The zero-order chi connectivity index (χ0) is 14.7. The van der Waals surface area contributed by atoms with E-state index in [0.29, 0.717) is 0 Å². The van der Waals surface area contributed by atoms with Crippen molar-refractivity contribution < 1.29 is 0 Å². The zero-order valence-corrected chi connectivity index (χ0v) is 14.5. The molecule has 0 amide bonds. The molecule has 0 spiro atoms. The Hall–Kier alpha value is -0.680. The molecule has 2 heterocycles. The van der Waals surface area contributed by atoms with E-state index in [4.69, 9.17) is 0 Å². The second-order valence-corrected chi connectivity index (χ2v) is 8.16. The summed E-state index contributed by atoms with van der Waals surface area (Å²) in [6, 6.07) is 7.64. The van der Waals surface area contributed by atoms with Crippen molar-refractivity contribution in [2.45, 2.75) is 52.4 Å². The van der Waals surface area contributed by atoms with Crippen molar-refractivity contribution in [3.8, 4) is 0 Å². The number of thiophene rings is 2. The molecule has 0 unspecified atom stereocenters. The average Bonchev–Trinajstić information content (AvgIpc) is 3.09. The van der Waals surface area contributed by atoms with Crippen LogP contribution in [0.2, 0.25) is 0 Å². The van der Waals surface area contributed by atoms with Gasteiger partial charge in [-0.25, -0.2) is 0 Å². The summed E-state index contributed by atoms with van der Waals surface area (Å²) < 4.78 is 0. The van der Waals surface area contributed by atoms with Crippen LogP contribution in [0.1, 0.15) is 40.0 Å². The normalized spacial score (nSPS) is 15.0. The first-order valence-electron chi connectivity index (χ1n) is 7.81. The van der Waals surface area contributed by atoms with Crippen LogP contribution in [-0.4, -0.2) is 17.5 Å². The van der Waals surface area contributed by atoms with Crippen LogP contribution in [0.3, 0.4) is 0 Å². The van der Waals surface area contributed by atoms with Gasteiger partial charge in [-0.15, -0.1) is 22.7 Å². The summed E-state index contributed by atoms with van der Waals surface area (Å²) in [5.74, 6) is 0. The second kappa shape index (κ2) is 7.05. The fraction of sp³-hybridized carbons (Fsp3) is 0.529. The maximum atomic E-state index is 3.43. The van der Waals surface area contributed by atoms with Gasteiger partial charge in [-0.05, 0) is 49.4 Å². The number of nitrogens with one attached hydrogen (secondary N) is 1. The van der Waals surface area contributed by atoms with Crippen LogP contribution >= 0.6 is 22.7 Å². The van der Waals surface area contributed by atoms with E-state index in [1.165, 1.54) is 33.0 Å². The monoisotopic (exact) mass is 320 g/mol. The molecule has 114 valence electrons. The van der Waals surface area contributed by atoms with Crippen LogP contribution in [0.4, 0.5) is 0 Å². The van der Waals surface area contributed by atoms with Crippen LogP contribution in [0.15, 0.2) is 23.6 Å². The molecule has 0 aliphatic heterocycles. The smallest absolute Gasteiger partial charge is 0.0334 e. The van der Waals surface area contributed by atoms with Gasteiger partial charge in [0, 0.05) is 40.3 Å². The Morgan fingerprint density at radius 1 is 1.29 bits per heavy atom. The Kier molecular flexibility index (Phi) is 5.11. The maximum absolute atomic E-state index is 3.43. The Balaban J connectivity index is 1.66. The molecule has 1 aliphatic rings. The predicted octanol–water partition coefficient (Wildman–Crippen LogP) is 4.39. The third kappa shape index (κ3) is 4.16. The van der Waals surface area contributed by atoms with Crippen molar-refractivity contribution in [2.24, 2.45) is 0 Å². The van der Waals surface area contributed by atoms with Gasteiger partial charge in [-0.1, -0.05) is 13.0 Å². The summed E-state index contributed by atoms with van der Waals surface area (Å²) in [6.07, 6.45) is 2.75. The third-order valence-corrected chi connectivity index (χ3v) is 5.95. The molecule has 4 heteroatoms. The largest absolute Gasteiger partial charge is 0.312 e. The van der Waals surface area contributed by atoms with Gasteiger partial charge < -0.3 is 5.32 Å². The van der Waals surface area contributed by atoms with E-state index >= 15 is 0 Å². The van der Waals surface area contributed by atoms with Gasteiger partial charge in [-0.2, -0.15) is 0 Å². The fourth-order valence-electron chi connectivity index (χ4n) is 2.66. The number of aryl methyl sites for hydroxylation is 1. The van der Waals surface area contributed by atoms with E-state index in [0.717, 1.165) is 32.2 Å². The molecule has 0 atom stereocenters. The van der Waals surface area contributed by atoms with Crippen LogP contribution in [0.5, 0.6) is 0 Å². The predicted molar refractivity (Wildman–Crippen MR) is 93.0 cm³/mol. The summed E-state index contributed by atoms with van der Waals surface area (Å²) >= 11 is 3.83. The number of hydrogen-bond acceptors (Lipinski definition) is 4. The molecule has 0 radical (unpaired) electrons. The summed E-state index contributed by atoms with van der Waals surface area (Å²) in [5.41, 5.74) is 1.52. The first-order valence-corrected chi connectivity index (χ1v) is 9.51. The lowest BCUT2D eigenvalue weighted by atomic mass is 10.2. The van der Waals surface area contributed by atoms with E-state index in [-0.39, 0.29) is 0 Å². The molecule has 0 bridgehead atoms. The number of rotatable bonds is 8. The highest BCUT2D eigenvalue weighted by atomic mass is 32.1. The molecule has 1 fully saturated rings. The van der Waals surface area contributed by atoms with Crippen molar-refractivity contribution in [2.75, 3.05) is 6.54 Å². The summed E-state index contributed by atoms with van der Waals surface area (Å²) in [7, 11) is 0. The Labute approximate surface area is 135 Å². The highest BCUT2D eigenvalue weighted by molar-refractivity contribution is 7.12. The SMILES string of the molecule is CCNCc1cc(CN(Cc2cccs2)C2CC2)c(C)s1. The molecule has 0 saturated heterocycles. The van der Waals surface area contributed by atoms with Gasteiger partial charge >= 0.3 is 0 Å². The summed E-state index contributed by atoms with van der Waals surface area (Å²) in [6.45, 7) is 8.70. The molecule has 1 saturated carbocycles. The lowest BCUT2D eigenvalue weighted by Crippen LogP contribution is -2.24. The molecule has 3 rings (SSSR count). The molecule has 0 aromatic carbocycles. The van der Waals surface area contributed by atoms with Gasteiger partial charge in [0.2, 0.25) is 0 Å². The highest BCUT2D eigenvalue weighted by Gasteiger charge is 2.29. The summed E-state index contributed by atoms with van der Waals surface area (Å²) in [5, 5.41) is 5.61. The maximum Gasteiger partial charge on any atom is 0.0334 e. The fourth-order valence-corrected chi connectivity index (χ4v) is 4.41. The zero-order valence-electron chi connectivity index (χ0n) is 12.9. The Morgan fingerprint density at radius 3 is 2.81 bits per heavy atom. The highest BCUT2D eigenvalue weighted by Crippen LogP contribution is 2.32. The minimum Gasteiger partial charge on any atom is -0.312 e. The van der Waals surface area contributed by atoms with Crippen molar-refractivity contribution in [1.82, 2.24) is 10.2 Å². The van der Waals surface area contributed by atoms with E-state index in [9.17, 15) is 0 Å².